The molecule has 5 heteroatoms. The molecule has 2 rings (SSSR count). The van der Waals surface area contributed by atoms with E-state index in [9.17, 15) is 4.79 Å². The van der Waals surface area contributed by atoms with Crippen molar-refractivity contribution in [3.8, 4) is 0 Å². The highest BCUT2D eigenvalue weighted by Crippen LogP contribution is 2.31. The second kappa shape index (κ2) is 6.68. The number of carbonyl (C=O) groups is 1. The Bertz CT molecular complexity index is 417. The van der Waals surface area contributed by atoms with Gasteiger partial charge < -0.3 is 5.11 Å². The Morgan fingerprint density at radius 2 is 2.32 bits per heavy atom. The van der Waals surface area contributed by atoms with Crippen LogP contribution in [-0.4, -0.2) is 26.1 Å². The normalized spacial score (nSPS) is 23.4. The molecule has 0 amide bonds. The number of hydrogen-bond donors (Lipinski definition) is 1. The Hall–Kier alpha value is -1.39. The van der Waals surface area contributed by atoms with E-state index in [1.807, 2.05) is 10.9 Å². The maximum Gasteiger partial charge on any atom is 0.303 e. The Balaban J connectivity index is 1.79. The van der Waals surface area contributed by atoms with E-state index in [1.54, 1.807) is 0 Å². The van der Waals surface area contributed by atoms with Gasteiger partial charge in [0.2, 0.25) is 0 Å². The number of unbranched alkanes of at least 4 members (excludes halogenated alkanes) is 1. The third kappa shape index (κ3) is 4.33. The standard InChI is InChI=1S/C14H23N3O2/c1-11-5-4-7-13(9-11)17-10-12(15-16-17)6-2-3-8-14(18)19/h10-11,13H,2-9H2,1H3,(H,18,19). The summed E-state index contributed by atoms with van der Waals surface area (Å²) in [5, 5.41) is 17.0. The number of nitrogens with zero attached hydrogens (tertiary/aromatic N) is 3. The maximum absolute atomic E-state index is 10.4. The van der Waals surface area contributed by atoms with Gasteiger partial charge in [0, 0.05) is 12.6 Å². The molecule has 1 aromatic rings. The quantitative estimate of drug-likeness (QED) is 0.803. The number of rotatable bonds is 6. The van der Waals surface area contributed by atoms with Crippen LogP contribution in [0.15, 0.2) is 6.20 Å². The summed E-state index contributed by atoms with van der Waals surface area (Å²) >= 11 is 0. The number of hydrogen-bond acceptors (Lipinski definition) is 3. The molecule has 1 N–H and O–H groups in total. The predicted octanol–water partition coefficient (Wildman–Crippen LogP) is 2.83. The van der Waals surface area contributed by atoms with Crippen LogP contribution in [-0.2, 0) is 11.2 Å². The van der Waals surface area contributed by atoms with Crippen LogP contribution in [0.3, 0.4) is 0 Å². The third-order valence-corrected chi connectivity index (χ3v) is 3.91. The summed E-state index contributed by atoms with van der Waals surface area (Å²) in [5.74, 6) is 0.0572. The number of aryl methyl sites for hydroxylation is 1. The molecule has 0 spiro atoms. The van der Waals surface area contributed by atoms with Crippen LogP contribution in [0.5, 0.6) is 0 Å². The molecular weight excluding hydrogens is 242 g/mol. The van der Waals surface area contributed by atoms with Crippen molar-refractivity contribution in [2.75, 3.05) is 0 Å². The Morgan fingerprint density at radius 3 is 3.05 bits per heavy atom. The molecule has 2 unspecified atom stereocenters. The van der Waals surface area contributed by atoms with Gasteiger partial charge in [-0.05, 0) is 38.0 Å². The van der Waals surface area contributed by atoms with Gasteiger partial charge in [-0.3, -0.25) is 4.79 Å². The lowest BCUT2D eigenvalue weighted by molar-refractivity contribution is -0.137. The number of aliphatic carboxylic acids is 1. The summed E-state index contributed by atoms with van der Waals surface area (Å²) in [5.41, 5.74) is 0.989. The van der Waals surface area contributed by atoms with E-state index in [-0.39, 0.29) is 6.42 Å². The molecular formula is C14H23N3O2. The highest BCUT2D eigenvalue weighted by molar-refractivity contribution is 5.66. The summed E-state index contributed by atoms with van der Waals surface area (Å²) in [6.07, 6.45) is 9.70. The fraction of sp³-hybridized carbons (Fsp3) is 0.786. The average molecular weight is 265 g/mol. The predicted molar refractivity (Wildman–Crippen MR) is 71.9 cm³/mol. The van der Waals surface area contributed by atoms with Gasteiger partial charge in [-0.1, -0.05) is 25.0 Å². The summed E-state index contributed by atoms with van der Waals surface area (Å²) in [7, 11) is 0. The molecule has 0 radical (unpaired) electrons. The van der Waals surface area contributed by atoms with Crippen molar-refractivity contribution in [1.29, 1.82) is 0 Å². The van der Waals surface area contributed by atoms with Crippen LogP contribution in [0.1, 0.15) is 63.6 Å². The van der Waals surface area contributed by atoms with Crippen LogP contribution < -0.4 is 0 Å². The van der Waals surface area contributed by atoms with Gasteiger partial charge in [0.25, 0.3) is 0 Å². The first-order valence-corrected chi connectivity index (χ1v) is 7.27. The Kier molecular flexibility index (Phi) is 4.93. The van der Waals surface area contributed by atoms with E-state index >= 15 is 0 Å². The monoisotopic (exact) mass is 265 g/mol. The summed E-state index contributed by atoms with van der Waals surface area (Å²) in [4.78, 5) is 10.4. The second-order valence-electron chi connectivity index (χ2n) is 5.72. The van der Waals surface area contributed by atoms with E-state index in [0.717, 1.165) is 24.5 Å². The summed E-state index contributed by atoms with van der Waals surface area (Å²) in [6.45, 7) is 2.30. The zero-order valence-electron chi connectivity index (χ0n) is 11.6. The van der Waals surface area contributed by atoms with E-state index in [4.69, 9.17) is 5.11 Å². The SMILES string of the molecule is CC1CCCC(n2cc(CCCCC(=O)O)nn2)C1. The minimum atomic E-state index is -0.722. The van der Waals surface area contributed by atoms with Crippen LogP contribution in [0.2, 0.25) is 0 Å². The van der Waals surface area contributed by atoms with Crippen molar-refractivity contribution in [3.63, 3.8) is 0 Å². The largest absolute Gasteiger partial charge is 0.481 e. The molecule has 5 nitrogen and oxygen atoms in total. The molecule has 1 aliphatic carbocycles. The Labute approximate surface area is 114 Å². The van der Waals surface area contributed by atoms with Gasteiger partial charge in [0.05, 0.1) is 11.7 Å². The highest BCUT2D eigenvalue weighted by atomic mass is 16.4. The smallest absolute Gasteiger partial charge is 0.303 e. The number of aromatic nitrogens is 3. The highest BCUT2D eigenvalue weighted by Gasteiger charge is 2.21. The van der Waals surface area contributed by atoms with E-state index in [2.05, 4.69) is 17.2 Å². The summed E-state index contributed by atoms with van der Waals surface area (Å²) < 4.78 is 2.02. The first kappa shape index (κ1) is 14.0. The van der Waals surface area contributed by atoms with Crippen LogP contribution in [0.25, 0.3) is 0 Å². The molecule has 1 fully saturated rings. The molecule has 1 saturated carbocycles. The minimum Gasteiger partial charge on any atom is -0.481 e. The zero-order chi connectivity index (χ0) is 13.7. The fourth-order valence-corrected chi connectivity index (χ4v) is 2.83. The molecule has 19 heavy (non-hydrogen) atoms. The van der Waals surface area contributed by atoms with Gasteiger partial charge in [0.15, 0.2) is 0 Å². The van der Waals surface area contributed by atoms with Crippen molar-refractivity contribution >= 4 is 5.97 Å². The van der Waals surface area contributed by atoms with Gasteiger partial charge in [-0.25, -0.2) is 4.68 Å². The van der Waals surface area contributed by atoms with Gasteiger partial charge in [-0.15, -0.1) is 5.10 Å². The van der Waals surface area contributed by atoms with Crippen molar-refractivity contribution in [3.05, 3.63) is 11.9 Å². The molecule has 2 atom stereocenters. The van der Waals surface area contributed by atoms with Crippen LogP contribution in [0, 0.1) is 5.92 Å². The van der Waals surface area contributed by atoms with Gasteiger partial charge in [-0.2, -0.15) is 0 Å². The van der Waals surface area contributed by atoms with Gasteiger partial charge >= 0.3 is 5.97 Å². The number of carboxylic acids is 1. The first-order valence-electron chi connectivity index (χ1n) is 7.27. The molecule has 0 aliphatic heterocycles. The molecule has 0 aromatic carbocycles. The maximum atomic E-state index is 10.4. The third-order valence-electron chi connectivity index (χ3n) is 3.91. The van der Waals surface area contributed by atoms with Crippen LogP contribution >= 0.6 is 0 Å². The topological polar surface area (TPSA) is 68.0 Å². The fourth-order valence-electron chi connectivity index (χ4n) is 2.83. The lowest BCUT2D eigenvalue weighted by atomic mass is 9.87. The lowest BCUT2D eigenvalue weighted by Gasteiger charge is -2.26. The molecule has 1 heterocycles. The van der Waals surface area contributed by atoms with Crippen molar-refractivity contribution in [1.82, 2.24) is 15.0 Å². The lowest BCUT2D eigenvalue weighted by Crippen LogP contribution is -2.18. The van der Waals surface area contributed by atoms with Gasteiger partial charge in [0.1, 0.15) is 0 Å². The van der Waals surface area contributed by atoms with E-state index in [0.29, 0.717) is 12.5 Å². The molecule has 1 aliphatic rings. The molecule has 0 saturated heterocycles. The van der Waals surface area contributed by atoms with Crippen molar-refractivity contribution in [2.45, 2.75) is 64.3 Å². The van der Waals surface area contributed by atoms with E-state index in [1.165, 1.54) is 25.7 Å². The second-order valence-corrected chi connectivity index (χ2v) is 5.72. The zero-order valence-corrected chi connectivity index (χ0v) is 11.6. The Morgan fingerprint density at radius 1 is 1.47 bits per heavy atom. The van der Waals surface area contributed by atoms with Crippen molar-refractivity contribution < 1.29 is 9.90 Å². The molecule has 0 bridgehead atoms. The van der Waals surface area contributed by atoms with Crippen LogP contribution in [0.4, 0.5) is 0 Å². The number of carboxylic acid groups (broad SMARTS) is 1. The average Bonchev–Trinajstić information content (AvgIpc) is 2.83. The summed E-state index contributed by atoms with van der Waals surface area (Å²) in [6, 6.07) is 0.504. The first-order chi connectivity index (χ1) is 9.15. The van der Waals surface area contributed by atoms with E-state index < -0.39 is 5.97 Å². The van der Waals surface area contributed by atoms with Crippen molar-refractivity contribution in [2.24, 2.45) is 5.92 Å². The minimum absolute atomic E-state index is 0.244. The molecule has 106 valence electrons. The molecule has 1 aromatic heterocycles.